The Morgan fingerprint density at radius 1 is 1.36 bits per heavy atom. The average Bonchev–Trinajstić information content (AvgIpc) is 2.87. The SMILES string of the molecule is CCn1ncnc1CN1CCN(C)C2(CCNC(=O)CC2)C1. The molecule has 1 aromatic rings. The van der Waals surface area contributed by atoms with Crippen molar-refractivity contribution in [3.05, 3.63) is 12.2 Å². The molecule has 0 saturated carbocycles. The van der Waals surface area contributed by atoms with Gasteiger partial charge in [-0.15, -0.1) is 0 Å². The van der Waals surface area contributed by atoms with Crippen LogP contribution in [0.4, 0.5) is 0 Å². The van der Waals surface area contributed by atoms with Gasteiger partial charge >= 0.3 is 0 Å². The predicted molar refractivity (Wildman–Crippen MR) is 83.2 cm³/mol. The van der Waals surface area contributed by atoms with E-state index < -0.39 is 0 Å². The molecule has 1 atom stereocenters. The number of nitrogens with one attached hydrogen (secondary N) is 1. The molecular formula is C15H26N6O. The molecule has 1 aromatic heterocycles. The number of likely N-dealkylation sites (N-methyl/N-ethyl adjacent to an activating group) is 1. The molecule has 0 aliphatic carbocycles. The molecule has 2 fully saturated rings. The molecule has 122 valence electrons. The van der Waals surface area contributed by atoms with Crippen molar-refractivity contribution in [1.29, 1.82) is 0 Å². The second kappa shape index (κ2) is 6.34. The van der Waals surface area contributed by atoms with Crippen LogP contribution in [0.15, 0.2) is 6.33 Å². The van der Waals surface area contributed by atoms with E-state index in [2.05, 4.69) is 39.2 Å². The number of carbonyl (C=O) groups excluding carboxylic acids is 1. The van der Waals surface area contributed by atoms with Crippen LogP contribution in [0.5, 0.6) is 0 Å². The number of hydrogen-bond acceptors (Lipinski definition) is 5. The van der Waals surface area contributed by atoms with Crippen LogP contribution < -0.4 is 5.32 Å². The van der Waals surface area contributed by atoms with Crippen LogP contribution in [0, 0.1) is 0 Å². The first-order chi connectivity index (χ1) is 10.6. The number of nitrogens with zero attached hydrogens (tertiary/aromatic N) is 5. The van der Waals surface area contributed by atoms with Crippen molar-refractivity contribution < 1.29 is 4.79 Å². The third kappa shape index (κ3) is 3.01. The molecule has 0 radical (unpaired) electrons. The zero-order chi connectivity index (χ0) is 15.6. The van der Waals surface area contributed by atoms with Crippen LogP contribution in [0.1, 0.15) is 32.0 Å². The highest BCUT2D eigenvalue weighted by Gasteiger charge is 2.40. The first-order valence-electron chi connectivity index (χ1n) is 8.20. The molecule has 3 heterocycles. The number of hydrogen-bond donors (Lipinski definition) is 1. The maximum absolute atomic E-state index is 11.7. The Balaban J connectivity index is 1.71. The monoisotopic (exact) mass is 306 g/mol. The first kappa shape index (κ1) is 15.4. The number of aromatic nitrogens is 3. The molecule has 1 N–H and O–H groups in total. The van der Waals surface area contributed by atoms with Gasteiger partial charge in [-0.05, 0) is 26.8 Å². The Kier molecular flexibility index (Phi) is 4.44. The van der Waals surface area contributed by atoms with Crippen molar-refractivity contribution in [3.8, 4) is 0 Å². The van der Waals surface area contributed by atoms with Crippen molar-refractivity contribution >= 4 is 5.91 Å². The van der Waals surface area contributed by atoms with Gasteiger partial charge in [0, 0.05) is 44.7 Å². The summed E-state index contributed by atoms with van der Waals surface area (Å²) < 4.78 is 1.96. The average molecular weight is 306 g/mol. The van der Waals surface area contributed by atoms with E-state index in [1.54, 1.807) is 6.33 Å². The lowest BCUT2D eigenvalue weighted by Gasteiger charge is -2.49. The van der Waals surface area contributed by atoms with Crippen molar-refractivity contribution in [2.45, 2.75) is 44.8 Å². The molecule has 3 rings (SSSR count). The maximum atomic E-state index is 11.7. The summed E-state index contributed by atoms with van der Waals surface area (Å²) in [5.74, 6) is 1.22. The molecule has 2 saturated heterocycles. The fraction of sp³-hybridized carbons (Fsp3) is 0.800. The number of carbonyl (C=O) groups is 1. The van der Waals surface area contributed by atoms with Gasteiger partial charge in [0.1, 0.15) is 12.2 Å². The van der Waals surface area contributed by atoms with Crippen LogP contribution in [0.25, 0.3) is 0 Å². The number of aryl methyl sites for hydroxylation is 1. The second-order valence-electron chi connectivity index (χ2n) is 6.45. The maximum Gasteiger partial charge on any atom is 0.220 e. The van der Waals surface area contributed by atoms with Crippen LogP contribution in [0.2, 0.25) is 0 Å². The lowest BCUT2D eigenvalue weighted by Crippen LogP contribution is -2.60. The van der Waals surface area contributed by atoms with Gasteiger partial charge in [-0.25, -0.2) is 9.67 Å². The minimum absolute atomic E-state index is 0.106. The highest BCUT2D eigenvalue weighted by atomic mass is 16.1. The minimum atomic E-state index is 0.106. The molecule has 2 aliphatic heterocycles. The lowest BCUT2D eigenvalue weighted by molar-refractivity contribution is -0.121. The Morgan fingerprint density at radius 3 is 3.05 bits per heavy atom. The third-order valence-corrected chi connectivity index (χ3v) is 5.17. The quantitative estimate of drug-likeness (QED) is 0.857. The van der Waals surface area contributed by atoms with Crippen LogP contribution >= 0.6 is 0 Å². The van der Waals surface area contributed by atoms with E-state index in [1.807, 2.05) is 4.68 Å². The molecule has 22 heavy (non-hydrogen) atoms. The van der Waals surface area contributed by atoms with Gasteiger partial charge in [0.2, 0.25) is 5.91 Å². The van der Waals surface area contributed by atoms with Crippen LogP contribution in [-0.2, 0) is 17.9 Å². The van der Waals surface area contributed by atoms with E-state index in [0.29, 0.717) is 6.42 Å². The molecule has 1 unspecified atom stereocenters. The molecular weight excluding hydrogens is 280 g/mol. The summed E-state index contributed by atoms with van der Waals surface area (Å²) in [5.41, 5.74) is 0.106. The summed E-state index contributed by atoms with van der Waals surface area (Å²) >= 11 is 0. The Labute approximate surface area is 131 Å². The predicted octanol–water partition coefficient (Wildman–Crippen LogP) is 0.0843. The number of piperazine rings is 1. The topological polar surface area (TPSA) is 66.3 Å². The van der Waals surface area contributed by atoms with Gasteiger partial charge in [0.25, 0.3) is 0 Å². The molecule has 1 spiro atoms. The van der Waals surface area contributed by atoms with Gasteiger partial charge in [-0.2, -0.15) is 5.10 Å². The Morgan fingerprint density at radius 2 is 2.23 bits per heavy atom. The van der Waals surface area contributed by atoms with E-state index >= 15 is 0 Å². The van der Waals surface area contributed by atoms with Crippen molar-refractivity contribution in [3.63, 3.8) is 0 Å². The van der Waals surface area contributed by atoms with Crippen molar-refractivity contribution in [1.82, 2.24) is 29.9 Å². The normalized spacial score (nSPS) is 27.8. The molecule has 7 heteroatoms. The van der Waals surface area contributed by atoms with E-state index in [4.69, 9.17) is 0 Å². The molecule has 2 aliphatic rings. The summed E-state index contributed by atoms with van der Waals surface area (Å²) in [7, 11) is 2.20. The van der Waals surface area contributed by atoms with E-state index in [9.17, 15) is 4.79 Å². The second-order valence-corrected chi connectivity index (χ2v) is 6.45. The van der Waals surface area contributed by atoms with Crippen LogP contribution in [-0.4, -0.2) is 69.2 Å². The van der Waals surface area contributed by atoms with Gasteiger partial charge < -0.3 is 5.32 Å². The highest BCUT2D eigenvalue weighted by Crippen LogP contribution is 2.30. The van der Waals surface area contributed by atoms with Crippen molar-refractivity contribution in [2.75, 3.05) is 33.2 Å². The number of amides is 1. The zero-order valence-electron chi connectivity index (χ0n) is 13.6. The van der Waals surface area contributed by atoms with E-state index in [1.165, 1.54) is 0 Å². The Hall–Kier alpha value is -1.47. The smallest absolute Gasteiger partial charge is 0.220 e. The summed E-state index contributed by atoms with van der Waals surface area (Å²) in [5, 5.41) is 7.26. The summed E-state index contributed by atoms with van der Waals surface area (Å²) in [6, 6.07) is 0. The molecule has 1 amide bonds. The fourth-order valence-corrected chi connectivity index (χ4v) is 3.69. The van der Waals surface area contributed by atoms with Crippen LogP contribution in [0.3, 0.4) is 0 Å². The van der Waals surface area contributed by atoms with Gasteiger partial charge in [0.05, 0.1) is 6.54 Å². The largest absolute Gasteiger partial charge is 0.356 e. The van der Waals surface area contributed by atoms with Gasteiger partial charge in [0.15, 0.2) is 0 Å². The fourth-order valence-electron chi connectivity index (χ4n) is 3.69. The Bertz CT molecular complexity index is 530. The zero-order valence-corrected chi connectivity index (χ0v) is 13.6. The molecule has 0 aromatic carbocycles. The van der Waals surface area contributed by atoms with Crippen molar-refractivity contribution in [2.24, 2.45) is 0 Å². The minimum Gasteiger partial charge on any atom is -0.356 e. The first-order valence-corrected chi connectivity index (χ1v) is 8.20. The van der Waals surface area contributed by atoms with Gasteiger partial charge in [-0.3, -0.25) is 14.6 Å². The van der Waals surface area contributed by atoms with E-state index in [-0.39, 0.29) is 11.4 Å². The summed E-state index contributed by atoms with van der Waals surface area (Å²) in [4.78, 5) is 21.0. The lowest BCUT2D eigenvalue weighted by atomic mass is 9.86. The number of rotatable bonds is 3. The third-order valence-electron chi connectivity index (χ3n) is 5.17. The standard InChI is InChI=1S/C15H26N6O/c1-3-21-13(17-12-18-21)10-20-9-8-19(2)15(11-20)5-4-14(22)16-7-6-15/h12H,3-11H2,1-2H3,(H,16,22). The summed E-state index contributed by atoms with van der Waals surface area (Å²) in [6.45, 7) is 7.63. The van der Waals surface area contributed by atoms with Gasteiger partial charge in [-0.1, -0.05) is 0 Å². The highest BCUT2D eigenvalue weighted by molar-refractivity contribution is 5.76. The molecule has 7 nitrogen and oxygen atoms in total. The summed E-state index contributed by atoms with van der Waals surface area (Å²) in [6.07, 6.45) is 4.22. The molecule has 0 bridgehead atoms. The van der Waals surface area contributed by atoms with E-state index in [0.717, 1.165) is 57.9 Å².